The van der Waals surface area contributed by atoms with Crippen LogP contribution in [0, 0.1) is 11.3 Å². The van der Waals surface area contributed by atoms with Crippen molar-refractivity contribution in [1.29, 1.82) is 0 Å². The lowest BCUT2D eigenvalue weighted by Gasteiger charge is -2.63. The number of hydrogen-bond acceptors (Lipinski definition) is 4. The van der Waals surface area contributed by atoms with E-state index in [-0.39, 0.29) is 0 Å². The minimum absolute atomic E-state index is 0.363. The van der Waals surface area contributed by atoms with E-state index in [0.29, 0.717) is 23.5 Å². The van der Waals surface area contributed by atoms with Gasteiger partial charge in [-0.05, 0) is 43.4 Å². The van der Waals surface area contributed by atoms with Gasteiger partial charge in [0, 0.05) is 37.6 Å². The standard InChI is InChI=1S/C21H31N3O3/c1-22-20(23-11-7-14-5-6-16(25-2)17(13-14)26-3)24-18-15-8-12-27-19(15)21(18)9-4-10-21/h5-6,13,15,18-19H,4,7-12H2,1-3H3,(H2,22,23,24). The van der Waals surface area contributed by atoms with Crippen molar-refractivity contribution in [3.05, 3.63) is 23.8 Å². The fourth-order valence-corrected chi connectivity index (χ4v) is 5.16. The normalized spacial score (nSPS) is 28.1. The summed E-state index contributed by atoms with van der Waals surface area (Å²) in [6.07, 6.45) is 6.45. The summed E-state index contributed by atoms with van der Waals surface area (Å²) >= 11 is 0. The number of methoxy groups -OCH3 is 2. The molecule has 2 aliphatic carbocycles. The summed E-state index contributed by atoms with van der Waals surface area (Å²) in [5.41, 5.74) is 1.57. The van der Waals surface area contributed by atoms with E-state index in [1.807, 2.05) is 19.2 Å². The molecule has 6 heteroatoms. The van der Waals surface area contributed by atoms with Gasteiger partial charge in [-0.15, -0.1) is 0 Å². The zero-order valence-electron chi connectivity index (χ0n) is 16.6. The number of nitrogens with zero attached hydrogens (tertiary/aromatic N) is 1. The van der Waals surface area contributed by atoms with Crippen molar-refractivity contribution in [2.24, 2.45) is 16.3 Å². The number of benzene rings is 1. The van der Waals surface area contributed by atoms with Crippen LogP contribution in [-0.2, 0) is 11.2 Å². The number of rotatable bonds is 6. The van der Waals surface area contributed by atoms with E-state index < -0.39 is 0 Å². The number of fused-ring (bicyclic) bond motifs is 2. The lowest BCUT2D eigenvalue weighted by atomic mass is 9.46. The molecule has 0 aromatic heterocycles. The van der Waals surface area contributed by atoms with Crippen LogP contribution < -0.4 is 20.1 Å². The van der Waals surface area contributed by atoms with Gasteiger partial charge >= 0.3 is 0 Å². The Hall–Kier alpha value is -1.95. The fourth-order valence-electron chi connectivity index (χ4n) is 5.16. The average molecular weight is 373 g/mol. The number of ether oxygens (including phenoxy) is 3. The summed E-state index contributed by atoms with van der Waals surface area (Å²) in [5.74, 6) is 3.08. The van der Waals surface area contributed by atoms with Crippen molar-refractivity contribution >= 4 is 5.96 Å². The van der Waals surface area contributed by atoms with Crippen molar-refractivity contribution in [3.8, 4) is 11.5 Å². The minimum Gasteiger partial charge on any atom is -0.493 e. The molecule has 3 fully saturated rings. The van der Waals surface area contributed by atoms with E-state index in [9.17, 15) is 0 Å². The van der Waals surface area contributed by atoms with Crippen LogP contribution >= 0.6 is 0 Å². The number of aliphatic imine (C=N–C) groups is 1. The molecule has 1 aromatic rings. The van der Waals surface area contributed by atoms with Crippen LogP contribution in [0.5, 0.6) is 11.5 Å². The largest absolute Gasteiger partial charge is 0.493 e. The molecule has 148 valence electrons. The Bertz CT molecular complexity index is 702. The number of hydrogen-bond donors (Lipinski definition) is 2. The van der Waals surface area contributed by atoms with Crippen LogP contribution in [0.4, 0.5) is 0 Å². The molecular formula is C21H31N3O3. The molecule has 3 unspecified atom stereocenters. The van der Waals surface area contributed by atoms with Crippen LogP contribution in [-0.4, -0.2) is 52.5 Å². The van der Waals surface area contributed by atoms with Gasteiger partial charge in [-0.25, -0.2) is 0 Å². The van der Waals surface area contributed by atoms with E-state index >= 15 is 0 Å². The number of nitrogens with one attached hydrogen (secondary N) is 2. The summed E-state index contributed by atoms with van der Waals surface area (Å²) in [7, 11) is 5.17. The first kappa shape index (κ1) is 18.4. The van der Waals surface area contributed by atoms with Gasteiger partial charge in [0.25, 0.3) is 0 Å². The molecule has 1 aromatic carbocycles. The zero-order chi connectivity index (χ0) is 18.9. The van der Waals surface area contributed by atoms with Crippen LogP contribution in [0.3, 0.4) is 0 Å². The third-order valence-corrected chi connectivity index (χ3v) is 6.71. The van der Waals surface area contributed by atoms with Crippen LogP contribution in [0.1, 0.15) is 31.2 Å². The molecule has 3 atom stereocenters. The van der Waals surface area contributed by atoms with Crippen LogP contribution in [0.25, 0.3) is 0 Å². The monoisotopic (exact) mass is 373 g/mol. The van der Waals surface area contributed by atoms with Gasteiger partial charge in [0.1, 0.15) is 0 Å². The molecule has 0 amide bonds. The lowest BCUT2D eigenvalue weighted by Crippen LogP contribution is -2.72. The zero-order valence-corrected chi connectivity index (χ0v) is 16.6. The Morgan fingerprint density at radius 2 is 2.07 bits per heavy atom. The third kappa shape index (κ3) is 3.14. The summed E-state index contributed by atoms with van der Waals surface area (Å²) in [5, 5.41) is 7.18. The maximum atomic E-state index is 6.01. The van der Waals surface area contributed by atoms with E-state index in [1.54, 1.807) is 14.2 Å². The molecular weight excluding hydrogens is 342 g/mol. The van der Waals surface area contributed by atoms with Gasteiger partial charge in [-0.3, -0.25) is 4.99 Å². The van der Waals surface area contributed by atoms with Gasteiger partial charge in [-0.2, -0.15) is 0 Å². The molecule has 27 heavy (non-hydrogen) atoms. The van der Waals surface area contributed by atoms with E-state index in [0.717, 1.165) is 37.0 Å². The molecule has 0 bridgehead atoms. The van der Waals surface area contributed by atoms with E-state index in [2.05, 4.69) is 21.7 Å². The van der Waals surface area contributed by atoms with Gasteiger partial charge in [-0.1, -0.05) is 12.5 Å². The van der Waals surface area contributed by atoms with Crippen molar-refractivity contribution in [2.75, 3.05) is 34.4 Å². The SMILES string of the molecule is CN=C(NCCc1ccc(OC)c(OC)c1)NC1C2CCOC2C12CCC2. The maximum absolute atomic E-state index is 6.01. The predicted octanol–water partition coefficient (Wildman–Crippen LogP) is 2.37. The van der Waals surface area contributed by atoms with Crippen LogP contribution in [0.15, 0.2) is 23.2 Å². The van der Waals surface area contributed by atoms with Crippen LogP contribution in [0.2, 0.25) is 0 Å². The molecule has 2 N–H and O–H groups in total. The highest BCUT2D eigenvalue weighted by Gasteiger charge is 2.66. The number of guanidine groups is 1. The molecule has 1 spiro atoms. The summed E-state index contributed by atoms with van der Waals surface area (Å²) in [6.45, 7) is 1.74. The Kier molecular flexibility index (Phi) is 5.17. The predicted molar refractivity (Wildman–Crippen MR) is 106 cm³/mol. The summed E-state index contributed by atoms with van der Waals surface area (Å²) < 4.78 is 16.7. The molecule has 6 nitrogen and oxygen atoms in total. The van der Waals surface area contributed by atoms with Gasteiger partial charge in [0.15, 0.2) is 17.5 Å². The smallest absolute Gasteiger partial charge is 0.191 e. The highest BCUT2D eigenvalue weighted by Crippen LogP contribution is 2.62. The molecule has 4 rings (SSSR count). The second-order valence-electron chi connectivity index (χ2n) is 7.89. The van der Waals surface area contributed by atoms with Gasteiger partial charge in [0.2, 0.25) is 0 Å². The third-order valence-electron chi connectivity index (χ3n) is 6.71. The van der Waals surface area contributed by atoms with Crippen molar-refractivity contribution in [3.63, 3.8) is 0 Å². The van der Waals surface area contributed by atoms with E-state index in [1.165, 1.54) is 31.2 Å². The Balaban J connectivity index is 1.31. The van der Waals surface area contributed by atoms with Gasteiger partial charge in [0.05, 0.1) is 20.3 Å². The van der Waals surface area contributed by atoms with E-state index in [4.69, 9.17) is 14.2 Å². The minimum atomic E-state index is 0.363. The van der Waals surface area contributed by atoms with Crippen molar-refractivity contribution < 1.29 is 14.2 Å². The summed E-state index contributed by atoms with van der Waals surface area (Å²) in [4.78, 5) is 4.45. The lowest BCUT2D eigenvalue weighted by molar-refractivity contribution is -0.171. The highest BCUT2D eigenvalue weighted by atomic mass is 16.5. The second kappa shape index (κ2) is 7.58. The quantitative estimate of drug-likeness (QED) is 0.592. The molecule has 1 saturated heterocycles. The Morgan fingerprint density at radius 3 is 2.74 bits per heavy atom. The Morgan fingerprint density at radius 1 is 1.26 bits per heavy atom. The van der Waals surface area contributed by atoms with Crippen molar-refractivity contribution in [1.82, 2.24) is 10.6 Å². The first-order valence-corrected chi connectivity index (χ1v) is 10.0. The fraction of sp³-hybridized carbons (Fsp3) is 0.667. The first-order valence-electron chi connectivity index (χ1n) is 10.0. The van der Waals surface area contributed by atoms with Crippen molar-refractivity contribution in [2.45, 2.75) is 44.2 Å². The second-order valence-corrected chi connectivity index (χ2v) is 7.89. The molecule has 1 aliphatic heterocycles. The summed E-state index contributed by atoms with van der Waals surface area (Å²) in [6, 6.07) is 6.57. The first-order chi connectivity index (χ1) is 13.2. The maximum Gasteiger partial charge on any atom is 0.191 e. The Labute approximate surface area is 161 Å². The molecule has 3 aliphatic rings. The molecule has 2 saturated carbocycles. The topological polar surface area (TPSA) is 64.1 Å². The molecule has 0 radical (unpaired) electrons. The van der Waals surface area contributed by atoms with Gasteiger partial charge < -0.3 is 24.8 Å². The highest BCUT2D eigenvalue weighted by molar-refractivity contribution is 5.80. The molecule has 1 heterocycles. The average Bonchev–Trinajstić information content (AvgIpc) is 3.08.